The van der Waals surface area contributed by atoms with Crippen molar-refractivity contribution < 1.29 is 13.2 Å². The van der Waals surface area contributed by atoms with Gasteiger partial charge < -0.3 is 4.74 Å². The Kier molecular flexibility index (Phi) is 4.79. The molecule has 0 N–H and O–H groups in total. The number of piperidine rings is 1. The third kappa shape index (κ3) is 3.35. The summed E-state index contributed by atoms with van der Waals surface area (Å²) in [5.41, 5.74) is 0.286. The van der Waals surface area contributed by atoms with Gasteiger partial charge in [-0.3, -0.25) is 4.90 Å². The Morgan fingerprint density at radius 2 is 1.90 bits per heavy atom. The van der Waals surface area contributed by atoms with Crippen molar-refractivity contribution in [3.63, 3.8) is 0 Å². The molecule has 0 aliphatic carbocycles. The highest BCUT2D eigenvalue weighted by molar-refractivity contribution is 7.88. The second-order valence-corrected chi connectivity index (χ2v) is 8.72. The predicted molar refractivity (Wildman–Crippen MR) is 80.2 cm³/mol. The summed E-state index contributed by atoms with van der Waals surface area (Å²) in [5, 5.41) is 0. The van der Waals surface area contributed by atoms with Gasteiger partial charge in [-0.15, -0.1) is 0 Å². The summed E-state index contributed by atoms with van der Waals surface area (Å²) < 4.78 is 30.2. The zero-order valence-electron chi connectivity index (χ0n) is 13.1. The van der Waals surface area contributed by atoms with Gasteiger partial charge in [0.15, 0.2) is 0 Å². The molecule has 0 aromatic heterocycles. The van der Waals surface area contributed by atoms with Gasteiger partial charge in [0.05, 0.1) is 12.9 Å². The normalized spacial score (nSPS) is 28.6. The molecule has 2 heterocycles. The Balaban J connectivity index is 2.04. The molecule has 0 aromatic carbocycles. The first-order chi connectivity index (χ1) is 9.27. The molecule has 0 saturated carbocycles. The summed E-state index contributed by atoms with van der Waals surface area (Å²) in [6, 6.07) is 0.993. The molecular formula is C14H28N2O3S. The van der Waals surface area contributed by atoms with E-state index in [4.69, 9.17) is 4.74 Å². The van der Waals surface area contributed by atoms with Gasteiger partial charge in [-0.25, -0.2) is 12.7 Å². The van der Waals surface area contributed by atoms with Gasteiger partial charge in [0, 0.05) is 38.8 Å². The third-order valence-corrected chi connectivity index (χ3v) is 6.23. The van der Waals surface area contributed by atoms with Crippen molar-refractivity contribution >= 4 is 10.0 Å². The molecule has 2 saturated heterocycles. The standard InChI is InChI=1S/C14H28N2O3S/c1-12(2)16-11-14(9-13(16)10-19-3)5-7-15(8-6-14)20(4,17)18/h12-13H,5-11H2,1-4H3. The lowest BCUT2D eigenvalue weighted by Crippen LogP contribution is -2.44. The Morgan fingerprint density at radius 3 is 2.35 bits per heavy atom. The van der Waals surface area contributed by atoms with Crippen LogP contribution in [0.5, 0.6) is 0 Å². The molecule has 0 radical (unpaired) electrons. The molecule has 2 aliphatic rings. The maximum Gasteiger partial charge on any atom is 0.211 e. The zero-order valence-corrected chi connectivity index (χ0v) is 13.9. The van der Waals surface area contributed by atoms with Gasteiger partial charge in [0.2, 0.25) is 10.0 Å². The number of hydrogen-bond donors (Lipinski definition) is 0. The molecular weight excluding hydrogens is 276 g/mol. The number of likely N-dealkylation sites (tertiary alicyclic amines) is 1. The van der Waals surface area contributed by atoms with Crippen molar-refractivity contribution in [1.82, 2.24) is 9.21 Å². The fourth-order valence-corrected chi connectivity index (χ4v) is 4.65. The maximum absolute atomic E-state index is 11.6. The largest absolute Gasteiger partial charge is 0.383 e. The van der Waals surface area contributed by atoms with Crippen LogP contribution in [0.1, 0.15) is 33.1 Å². The molecule has 118 valence electrons. The maximum atomic E-state index is 11.6. The van der Waals surface area contributed by atoms with Crippen molar-refractivity contribution in [2.45, 2.75) is 45.2 Å². The van der Waals surface area contributed by atoms with E-state index in [1.807, 2.05) is 0 Å². The monoisotopic (exact) mass is 304 g/mol. The zero-order chi connectivity index (χ0) is 15.0. The molecule has 2 aliphatic heterocycles. The van der Waals surface area contributed by atoms with Crippen LogP contribution in [0.3, 0.4) is 0 Å². The van der Waals surface area contributed by atoms with Crippen molar-refractivity contribution in [3.05, 3.63) is 0 Å². The highest BCUT2D eigenvalue weighted by Gasteiger charge is 2.46. The highest BCUT2D eigenvalue weighted by atomic mass is 32.2. The van der Waals surface area contributed by atoms with Gasteiger partial charge in [-0.05, 0) is 38.5 Å². The van der Waals surface area contributed by atoms with Crippen LogP contribution in [0.2, 0.25) is 0 Å². The summed E-state index contributed by atoms with van der Waals surface area (Å²) in [6.45, 7) is 7.65. The molecule has 20 heavy (non-hydrogen) atoms. The molecule has 1 spiro atoms. The molecule has 1 atom stereocenters. The summed E-state index contributed by atoms with van der Waals surface area (Å²) in [7, 11) is -1.27. The number of nitrogens with zero attached hydrogens (tertiary/aromatic N) is 2. The Bertz CT molecular complexity index is 428. The Hall–Kier alpha value is -0.170. The van der Waals surface area contributed by atoms with E-state index < -0.39 is 10.0 Å². The van der Waals surface area contributed by atoms with Gasteiger partial charge in [-0.1, -0.05) is 0 Å². The van der Waals surface area contributed by atoms with Crippen LogP contribution in [-0.2, 0) is 14.8 Å². The van der Waals surface area contributed by atoms with Crippen molar-refractivity contribution in [2.75, 3.05) is 39.6 Å². The molecule has 1 unspecified atom stereocenters. The molecule has 2 fully saturated rings. The van der Waals surface area contributed by atoms with E-state index in [1.165, 1.54) is 6.26 Å². The summed E-state index contributed by atoms with van der Waals surface area (Å²) in [4.78, 5) is 2.53. The topological polar surface area (TPSA) is 49.9 Å². The predicted octanol–water partition coefficient (Wildman–Crippen LogP) is 1.16. The van der Waals surface area contributed by atoms with Crippen molar-refractivity contribution in [3.8, 4) is 0 Å². The molecule has 5 nitrogen and oxygen atoms in total. The number of rotatable bonds is 4. The number of ether oxygens (including phenoxy) is 1. The molecule has 0 bridgehead atoms. The van der Waals surface area contributed by atoms with Gasteiger partial charge >= 0.3 is 0 Å². The minimum Gasteiger partial charge on any atom is -0.383 e. The van der Waals surface area contributed by atoms with Crippen LogP contribution in [0.4, 0.5) is 0 Å². The molecule has 2 rings (SSSR count). The second kappa shape index (κ2) is 5.91. The number of hydrogen-bond acceptors (Lipinski definition) is 4. The van der Waals surface area contributed by atoms with E-state index >= 15 is 0 Å². The van der Waals surface area contributed by atoms with Crippen LogP contribution < -0.4 is 0 Å². The lowest BCUT2D eigenvalue weighted by atomic mass is 9.77. The van der Waals surface area contributed by atoms with Crippen LogP contribution in [-0.4, -0.2) is 69.3 Å². The van der Waals surface area contributed by atoms with Crippen LogP contribution >= 0.6 is 0 Å². The smallest absolute Gasteiger partial charge is 0.211 e. The first-order valence-corrected chi connectivity index (χ1v) is 9.32. The second-order valence-electron chi connectivity index (χ2n) is 6.74. The van der Waals surface area contributed by atoms with Crippen molar-refractivity contribution in [2.24, 2.45) is 5.41 Å². The van der Waals surface area contributed by atoms with E-state index in [2.05, 4.69) is 18.7 Å². The number of sulfonamides is 1. The van der Waals surface area contributed by atoms with Crippen LogP contribution in [0, 0.1) is 5.41 Å². The first kappa shape index (κ1) is 16.2. The van der Waals surface area contributed by atoms with E-state index in [0.717, 1.165) is 32.4 Å². The van der Waals surface area contributed by atoms with Crippen molar-refractivity contribution in [1.29, 1.82) is 0 Å². The van der Waals surface area contributed by atoms with Crippen LogP contribution in [0.15, 0.2) is 0 Å². The average molecular weight is 304 g/mol. The first-order valence-electron chi connectivity index (χ1n) is 7.47. The van der Waals surface area contributed by atoms with E-state index in [1.54, 1.807) is 11.4 Å². The minimum atomic E-state index is -3.03. The van der Waals surface area contributed by atoms with Gasteiger partial charge in [0.25, 0.3) is 0 Å². The summed E-state index contributed by atoms with van der Waals surface area (Å²) >= 11 is 0. The van der Waals surface area contributed by atoms with E-state index in [-0.39, 0.29) is 5.41 Å². The third-order valence-electron chi connectivity index (χ3n) is 4.93. The number of methoxy groups -OCH3 is 1. The Labute approximate surface area is 123 Å². The van der Waals surface area contributed by atoms with Gasteiger partial charge in [0.1, 0.15) is 0 Å². The quantitative estimate of drug-likeness (QED) is 0.782. The lowest BCUT2D eigenvalue weighted by molar-refractivity contribution is 0.0969. The molecule has 0 amide bonds. The summed E-state index contributed by atoms with van der Waals surface area (Å²) in [5.74, 6) is 0. The fourth-order valence-electron chi connectivity index (χ4n) is 3.80. The molecule has 6 heteroatoms. The van der Waals surface area contributed by atoms with Crippen LogP contribution in [0.25, 0.3) is 0 Å². The Morgan fingerprint density at radius 1 is 1.30 bits per heavy atom. The fraction of sp³-hybridized carbons (Fsp3) is 1.00. The molecule has 0 aromatic rings. The van der Waals surface area contributed by atoms with E-state index in [9.17, 15) is 8.42 Å². The summed E-state index contributed by atoms with van der Waals surface area (Å²) in [6.07, 6.45) is 4.40. The minimum absolute atomic E-state index is 0.286. The lowest BCUT2D eigenvalue weighted by Gasteiger charge is -2.38. The average Bonchev–Trinajstić information content (AvgIpc) is 2.68. The highest BCUT2D eigenvalue weighted by Crippen LogP contribution is 2.44. The van der Waals surface area contributed by atoms with Gasteiger partial charge in [-0.2, -0.15) is 0 Å². The van der Waals surface area contributed by atoms with E-state index in [0.29, 0.717) is 25.2 Å². The SMILES string of the molecule is COCC1CC2(CCN(S(C)(=O)=O)CC2)CN1C(C)C.